The van der Waals surface area contributed by atoms with Crippen molar-refractivity contribution in [2.75, 3.05) is 0 Å². The third-order valence-electron chi connectivity index (χ3n) is 2.49. The molecule has 0 saturated carbocycles. The Morgan fingerprint density at radius 2 is 1.65 bits per heavy atom. The van der Waals surface area contributed by atoms with Gasteiger partial charge in [0.1, 0.15) is 0 Å². The zero-order chi connectivity index (χ0) is 12.3. The molecule has 88 valence electrons. The van der Waals surface area contributed by atoms with E-state index in [0.717, 1.165) is 0 Å². The molecule has 0 unspecified atom stereocenters. The third kappa shape index (κ3) is 3.20. The lowest BCUT2D eigenvalue weighted by molar-refractivity contribution is 0.484. The van der Waals surface area contributed by atoms with E-state index in [1.807, 2.05) is 6.26 Å². The third-order valence-corrected chi connectivity index (χ3v) is 3.34. The van der Waals surface area contributed by atoms with Crippen LogP contribution in [0.3, 0.4) is 0 Å². The maximum absolute atomic E-state index is 5.74. The zero-order valence-corrected chi connectivity index (χ0v) is 11.6. The monoisotopic (exact) mass is 242 g/mol. The molecule has 2 aromatic rings. The molecule has 0 heterocycles. The standard InChI is InChI=1S/C15H18OSi/c1-17(2,3)16-12-11-14-9-6-8-13-7-4-5-10-15(13)14/h4-12H,1-3H3. The number of benzene rings is 2. The average molecular weight is 242 g/mol. The van der Waals surface area contributed by atoms with Crippen LogP contribution in [-0.4, -0.2) is 8.32 Å². The van der Waals surface area contributed by atoms with Crippen molar-refractivity contribution >= 4 is 25.2 Å². The van der Waals surface area contributed by atoms with Crippen molar-refractivity contribution in [3.63, 3.8) is 0 Å². The Hall–Kier alpha value is -1.54. The van der Waals surface area contributed by atoms with E-state index in [2.05, 4.69) is 68.2 Å². The predicted molar refractivity (Wildman–Crippen MR) is 77.4 cm³/mol. The maximum atomic E-state index is 5.74. The quantitative estimate of drug-likeness (QED) is 0.562. The van der Waals surface area contributed by atoms with Gasteiger partial charge >= 0.3 is 0 Å². The lowest BCUT2D eigenvalue weighted by Crippen LogP contribution is -2.21. The minimum Gasteiger partial charge on any atom is -0.550 e. The van der Waals surface area contributed by atoms with Gasteiger partial charge in [-0.05, 0) is 42.1 Å². The summed E-state index contributed by atoms with van der Waals surface area (Å²) in [6.07, 6.45) is 3.90. The minimum absolute atomic E-state index is 1.21. The van der Waals surface area contributed by atoms with Gasteiger partial charge in [0, 0.05) is 0 Å². The highest BCUT2D eigenvalue weighted by molar-refractivity contribution is 6.69. The summed E-state index contributed by atoms with van der Waals surface area (Å²) in [5.74, 6) is 0. The van der Waals surface area contributed by atoms with Gasteiger partial charge in [0.2, 0.25) is 8.32 Å². The van der Waals surface area contributed by atoms with Crippen LogP contribution in [0.25, 0.3) is 16.8 Å². The first-order chi connectivity index (χ1) is 8.06. The van der Waals surface area contributed by atoms with Gasteiger partial charge in [-0.1, -0.05) is 42.5 Å². The molecular formula is C15H18OSi. The number of hydrogen-bond acceptors (Lipinski definition) is 1. The van der Waals surface area contributed by atoms with Crippen molar-refractivity contribution in [3.8, 4) is 0 Å². The Morgan fingerprint density at radius 3 is 2.41 bits per heavy atom. The number of fused-ring (bicyclic) bond motifs is 1. The first-order valence-corrected chi connectivity index (χ1v) is 9.29. The summed E-state index contributed by atoms with van der Waals surface area (Å²) < 4.78 is 5.74. The normalized spacial score (nSPS) is 12.2. The SMILES string of the molecule is C[Si](C)(C)OC=Cc1cccc2ccccc12. The molecule has 0 aliphatic heterocycles. The molecule has 0 spiro atoms. The van der Waals surface area contributed by atoms with E-state index >= 15 is 0 Å². The van der Waals surface area contributed by atoms with Crippen LogP contribution in [0.5, 0.6) is 0 Å². The maximum Gasteiger partial charge on any atom is 0.241 e. The molecular weight excluding hydrogens is 224 g/mol. The molecule has 17 heavy (non-hydrogen) atoms. The van der Waals surface area contributed by atoms with Crippen LogP contribution in [0.1, 0.15) is 5.56 Å². The molecule has 2 heteroatoms. The fraction of sp³-hybridized carbons (Fsp3) is 0.200. The van der Waals surface area contributed by atoms with Crippen LogP contribution in [0.4, 0.5) is 0 Å². The van der Waals surface area contributed by atoms with Gasteiger partial charge in [-0.2, -0.15) is 0 Å². The molecule has 1 nitrogen and oxygen atoms in total. The summed E-state index contributed by atoms with van der Waals surface area (Å²) in [4.78, 5) is 0. The minimum atomic E-state index is -1.47. The van der Waals surface area contributed by atoms with E-state index < -0.39 is 8.32 Å². The van der Waals surface area contributed by atoms with E-state index in [4.69, 9.17) is 4.43 Å². The second-order valence-electron chi connectivity index (χ2n) is 5.10. The Kier molecular flexibility index (Phi) is 3.34. The molecule has 0 aliphatic rings. The van der Waals surface area contributed by atoms with Crippen LogP contribution in [0.15, 0.2) is 48.7 Å². The Labute approximate surface area is 104 Å². The Bertz CT molecular complexity index is 533. The molecule has 0 saturated heterocycles. The van der Waals surface area contributed by atoms with Crippen LogP contribution >= 0.6 is 0 Å². The predicted octanol–water partition coefficient (Wildman–Crippen LogP) is 4.66. The molecule has 2 rings (SSSR count). The lowest BCUT2D eigenvalue weighted by Gasteiger charge is -2.14. The second-order valence-corrected chi connectivity index (χ2v) is 9.56. The summed E-state index contributed by atoms with van der Waals surface area (Å²) >= 11 is 0. The van der Waals surface area contributed by atoms with Gasteiger partial charge in [0.25, 0.3) is 0 Å². The fourth-order valence-corrected chi connectivity index (χ4v) is 2.18. The molecule has 0 aromatic heterocycles. The van der Waals surface area contributed by atoms with Crippen LogP contribution in [0.2, 0.25) is 19.6 Å². The summed E-state index contributed by atoms with van der Waals surface area (Å²) in [7, 11) is -1.47. The van der Waals surface area contributed by atoms with Gasteiger partial charge in [0.15, 0.2) is 0 Å². The van der Waals surface area contributed by atoms with E-state index in [0.29, 0.717) is 0 Å². The van der Waals surface area contributed by atoms with Gasteiger partial charge in [-0.15, -0.1) is 0 Å². The molecule has 2 aromatic carbocycles. The van der Waals surface area contributed by atoms with Crippen molar-refractivity contribution in [2.45, 2.75) is 19.6 Å². The summed E-state index contributed by atoms with van der Waals surface area (Å²) in [5, 5.41) is 2.54. The van der Waals surface area contributed by atoms with E-state index in [1.165, 1.54) is 16.3 Å². The molecule has 0 bridgehead atoms. The molecule has 0 N–H and O–H groups in total. The lowest BCUT2D eigenvalue weighted by atomic mass is 10.1. The van der Waals surface area contributed by atoms with Crippen LogP contribution in [-0.2, 0) is 4.43 Å². The summed E-state index contributed by atoms with van der Waals surface area (Å²) in [5.41, 5.74) is 1.21. The highest BCUT2D eigenvalue weighted by Gasteiger charge is 2.12. The van der Waals surface area contributed by atoms with E-state index in [9.17, 15) is 0 Å². The topological polar surface area (TPSA) is 9.23 Å². The molecule has 0 radical (unpaired) electrons. The Balaban J connectivity index is 2.30. The van der Waals surface area contributed by atoms with Gasteiger partial charge < -0.3 is 4.43 Å². The van der Waals surface area contributed by atoms with E-state index in [1.54, 1.807) is 0 Å². The Morgan fingerprint density at radius 1 is 0.941 bits per heavy atom. The zero-order valence-electron chi connectivity index (χ0n) is 10.6. The van der Waals surface area contributed by atoms with Gasteiger partial charge in [0.05, 0.1) is 6.26 Å². The first-order valence-electron chi connectivity index (χ1n) is 5.88. The van der Waals surface area contributed by atoms with Gasteiger partial charge in [-0.25, -0.2) is 0 Å². The fourth-order valence-electron chi connectivity index (χ4n) is 1.71. The van der Waals surface area contributed by atoms with Crippen LogP contribution in [0, 0.1) is 0 Å². The molecule has 0 aliphatic carbocycles. The van der Waals surface area contributed by atoms with Crippen LogP contribution < -0.4 is 0 Å². The van der Waals surface area contributed by atoms with Crippen molar-refractivity contribution < 1.29 is 4.43 Å². The second kappa shape index (κ2) is 4.76. The van der Waals surface area contributed by atoms with Crippen molar-refractivity contribution in [3.05, 3.63) is 54.3 Å². The van der Waals surface area contributed by atoms with Crippen molar-refractivity contribution in [2.24, 2.45) is 0 Å². The number of rotatable bonds is 3. The molecule has 0 atom stereocenters. The smallest absolute Gasteiger partial charge is 0.241 e. The summed E-state index contributed by atoms with van der Waals surface area (Å²) in [6.45, 7) is 6.54. The largest absolute Gasteiger partial charge is 0.550 e. The van der Waals surface area contributed by atoms with Crippen molar-refractivity contribution in [1.82, 2.24) is 0 Å². The van der Waals surface area contributed by atoms with Crippen molar-refractivity contribution in [1.29, 1.82) is 0 Å². The summed E-state index contributed by atoms with van der Waals surface area (Å²) in [6, 6.07) is 14.7. The van der Waals surface area contributed by atoms with E-state index in [-0.39, 0.29) is 0 Å². The molecule has 0 amide bonds. The highest BCUT2D eigenvalue weighted by atomic mass is 28.4. The molecule has 0 fully saturated rings. The average Bonchev–Trinajstić information content (AvgIpc) is 2.28. The van der Waals surface area contributed by atoms with Gasteiger partial charge in [-0.3, -0.25) is 0 Å². The number of hydrogen-bond donors (Lipinski definition) is 0. The highest BCUT2D eigenvalue weighted by Crippen LogP contribution is 2.19. The first kappa shape index (κ1) is 11.9.